The van der Waals surface area contributed by atoms with Gasteiger partial charge in [0.05, 0.1) is 18.2 Å². The normalized spacial score (nSPS) is 11.9. The van der Waals surface area contributed by atoms with E-state index in [9.17, 15) is 0 Å². The largest absolute Gasteiger partial charge is 0.394 e. The van der Waals surface area contributed by atoms with Gasteiger partial charge >= 0.3 is 0 Å². The van der Waals surface area contributed by atoms with Gasteiger partial charge in [-0.25, -0.2) is 4.98 Å². The van der Waals surface area contributed by atoms with Crippen LogP contribution in [0.4, 0.5) is 5.82 Å². The van der Waals surface area contributed by atoms with Crippen LogP contribution in [-0.2, 0) is 0 Å². The maximum absolute atomic E-state index is 9.05. The Kier molecular flexibility index (Phi) is 4.07. The molecule has 2 N–H and O–H groups in total. The molecule has 0 bridgehead atoms. The first-order valence-corrected chi connectivity index (χ1v) is 4.96. The highest BCUT2D eigenvalue weighted by molar-refractivity contribution is 5.55. The summed E-state index contributed by atoms with van der Waals surface area (Å²) in [5, 5.41) is 21.1. The molecule has 0 saturated heterocycles. The molecule has 0 spiro atoms. The molecule has 0 aliphatic carbocycles. The van der Waals surface area contributed by atoms with Gasteiger partial charge in [-0.1, -0.05) is 6.92 Å². The molecule has 1 rings (SSSR count). The molecular weight excluding hydrogens is 190 g/mol. The lowest BCUT2D eigenvalue weighted by Gasteiger charge is -2.15. The Balaban J connectivity index is 2.95. The van der Waals surface area contributed by atoms with Crippen LogP contribution < -0.4 is 5.32 Å². The van der Waals surface area contributed by atoms with Gasteiger partial charge in [0.15, 0.2) is 0 Å². The molecule has 15 heavy (non-hydrogen) atoms. The number of nitrogens with one attached hydrogen (secondary N) is 1. The molecule has 1 heterocycles. The lowest BCUT2D eigenvalue weighted by molar-refractivity contribution is 0.271. The summed E-state index contributed by atoms with van der Waals surface area (Å²) in [5.74, 6) is 0.554. The Hall–Kier alpha value is -1.60. The van der Waals surface area contributed by atoms with Crippen molar-refractivity contribution >= 4 is 5.82 Å². The van der Waals surface area contributed by atoms with Crippen molar-refractivity contribution in [1.82, 2.24) is 4.98 Å². The van der Waals surface area contributed by atoms with Gasteiger partial charge in [0.1, 0.15) is 11.9 Å². The number of hydrogen-bond donors (Lipinski definition) is 2. The Labute approximate surface area is 89.6 Å². The third-order valence-electron chi connectivity index (χ3n) is 2.33. The molecule has 4 nitrogen and oxygen atoms in total. The van der Waals surface area contributed by atoms with Gasteiger partial charge in [-0.15, -0.1) is 0 Å². The van der Waals surface area contributed by atoms with Crippen LogP contribution >= 0.6 is 0 Å². The van der Waals surface area contributed by atoms with Gasteiger partial charge < -0.3 is 10.4 Å². The number of pyridine rings is 1. The van der Waals surface area contributed by atoms with Crippen LogP contribution in [0, 0.1) is 18.3 Å². The van der Waals surface area contributed by atoms with Crippen molar-refractivity contribution in [1.29, 1.82) is 5.26 Å². The minimum Gasteiger partial charge on any atom is -0.394 e. The molecule has 1 aromatic heterocycles. The Morgan fingerprint density at radius 1 is 1.67 bits per heavy atom. The van der Waals surface area contributed by atoms with E-state index in [4.69, 9.17) is 10.4 Å². The van der Waals surface area contributed by atoms with Crippen molar-refractivity contribution in [2.24, 2.45) is 0 Å². The zero-order chi connectivity index (χ0) is 11.3. The van der Waals surface area contributed by atoms with Gasteiger partial charge in [0.25, 0.3) is 0 Å². The number of nitrogens with zero attached hydrogens (tertiary/aromatic N) is 2. The molecule has 80 valence electrons. The quantitative estimate of drug-likeness (QED) is 0.780. The highest BCUT2D eigenvalue weighted by Crippen LogP contribution is 2.16. The van der Waals surface area contributed by atoms with E-state index in [1.54, 1.807) is 12.3 Å². The van der Waals surface area contributed by atoms with Gasteiger partial charge in [-0.05, 0) is 25.0 Å². The second kappa shape index (κ2) is 5.32. The van der Waals surface area contributed by atoms with Crippen LogP contribution in [0.1, 0.15) is 24.5 Å². The van der Waals surface area contributed by atoms with Crippen LogP contribution in [0.2, 0.25) is 0 Å². The van der Waals surface area contributed by atoms with Crippen LogP contribution in [0.3, 0.4) is 0 Å². The maximum Gasteiger partial charge on any atom is 0.144 e. The number of hydrogen-bond acceptors (Lipinski definition) is 4. The highest BCUT2D eigenvalue weighted by Gasteiger charge is 2.10. The third kappa shape index (κ3) is 2.67. The molecule has 0 amide bonds. The molecule has 4 heteroatoms. The van der Waals surface area contributed by atoms with Crippen molar-refractivity contribution in [3.8, 4) is 6.07 Å². The number of rotatable bonds is 4. The molecule has 0 radical (unpaired) electrons. The fourth-order valence-corrected chi connectivity index (χ4v) is 1.28. The zero-order valence-corrected chi connectivity index (χ0v) is 8.99. The van der Waals surface area contributed by atoms with E-state index in [1.807, 2.05) is 13.8 Å². The first kappa shape index (κ1) is 11.5. The van der Waals surface area contributed by atoms with Crippen molar-refractivity contribution < 1.29 is 5.11 Å². The van der Waals surface area contributed by atoms with Gasteiger partial charge in [0.2, 0.25) is 0 Å². The third-order valence-corrected chi connectivity index (χ3v) is 2.33. The fourth-order valence-electron chi connectivity index (χ4n) is 1.28. The number of anilines is 1. The molecular formula is C11H15N3O. The first-order valence-electron chi connectivity index (χ1n) is 4.96. The number of nitriles is 1. The maximum atomic E-state index is 9.05. The smallest absolute Gasteiger partial charge is 0.144 e. The van der Waals surface area contributed by atoms with Gasteiger partial charge in [-0.2, -0.15) is 5.26 Å². The van der Waals surface area contributed by atoms with Crippen molar-refractivity contribution in [3.63, 3.8) is 0 Å². The Bertz CT molecular complexity index is 367. The van der Waals surface area contributed by atoms with Gasteiger partial charge in [0, 0.05) is 6.20 Å². The van der Waals surface area contributed by atoms with E-state index in [0.29, 0.717) is 11.4 Å². The number of aliphatic hydroxyl groups excluding tert-OH is 1. The minimum atomic E-state index is -0.0496. The summed E-state index contributed by atoms with van der Waals surface area (Å²) in [6.07, 6.45) is 2.44. The topological polar surface area (TPSA) is 68.9 Å². The molecule has 0 aliphatic rings. The van der Waals surface area contributed by atoms with E-state index in [-0.39, 0.29) is 12.6 Å². The number of aliphatic hydroxyl groups is 1. The standard InChI is InChI=1S/C11H15N3O/c1-3-9(7-15)14-11-10(6-12)8(2)4-5-13-11/h4-5,9,15H,3,7H2,1-2H3,(H,13,14). The molecule has 1 unspecified atom stereocenters. The molecule has 1 atom stereocenters. The summed E-state index contributed by atoms with van der Waals surface area (Å²) in [5.41, 5.74) is 1.44. The average molecular weight is 205 g/mol. The summed E-state index contributed by atoms with van der Waals surface area (Å²) in [4.78, 5) is 4.10. The van der Waals surface area contributed by atoms with Crippen LogP contribution in [0.15, 0.2) is 12.3 Å². The molecule has 0 saturated carbocycles. The van der Waals surface area contributed by atoms with Crippen LogP contribution in [0.25, 0.3) is 0 Å². The monoisotopic (exact) mass is 205 g/mol. The lowest BCUT2D eigenvalue weighted by atomic mass is 10.1. The lowest BCUT2D eigenvalue weighted by Crippen LogP contribution is -2.23. The molecule has 0 fully saturated rings. The predicted molar refractivity (Wildman–Crippen MR) is 58.5 cm³/mol. The summed E-state index contributed by atoms with van der Waals surface area (Å²) < 4.78 is 0. The second-order valence-electron chi connectivity index (χ2n) is 3.40. The number of aryl methyl sites for hydroxylation is 1. The van der Waals surface area contributed by atoms with Crippen LogP contribution in [-0.4, -0.2) is 22.7 Å². The second-order valence-corrected chi connectivity index (χ2v) is 3.40. The molecule has 1 aromatic rings. The van der Waals surface area contributed by atoms with Crippen molar-refractivity contribution in [2.75, 3.05) is 11.9 Å². The zero-order valence-electron chi connectivity index (χ0n) is 8.99. The van der Waals surface area contributed by atoms with Crippen molar-refractivity contribution in [2.45, 2.75) is 26.3 Å². The van der Waals surface area contributed by atoms with E-state index >= 15 is 0 Å². The minimum absolute atomic E-state index is 0.0387. The van der Waals surface area contributed by atoms with E-state index in [2.05, 4.69) is 16.4 Å². The van der Waals surface area contributed by atoms with Crippen molar-refractivity contribution in [3.05, 3.63) is 23.4 Å². The number of aromatic nitrogens is 1. The van der Waals surface area contributed by atoms with Crippen LogP contribution in [0.5, 0.6) is 0 Å². The molecule has 0 aliphatic heterocycles. The Morgan fingerprint density at radius 2 is 2.40 bits per heavy atom. The fraction of sp³-hybridized carbons (Fsp3) is 0.455. The SMILES string of the molecule is CCC(CO)Nc1nccc(C)c1C#N. The predicted octanol–water partition coefficient (Wildman–Crippen LogP) is 1.44. The summed E-state index contributed by atoms with van der Waals surface area (Å²) >= 11 is 0. The summed E-state index contributed by atoms with van der Waals surface area (Å²) in [7, 11) is 0. The van der Waals surface area contributed by atoms with Gasteiger partial charge in [-0.3, -0.25) is 0 Å². The van der Waals surface area contributed by atoms with E-state index in [1.165, 1.54) is 0 Å². The first-order chi connectivity index (χ1) is 7.22. The summed E-state index contributed by atoms with van der Waals surface area (Å²) in [6.45, 7) is 3.87. The van der Waals surface area contributed by atoms with E-state index in [0.717, 1.165) is 12.0 Å². The summed E-state index contributed by atoms with van der Waals surface area (Å²) in [6, 6.07) is 3.86. The average Bonchev–Trinajstić information content (AvgIpc) is 2.26. The van der Waals surface area contributed by atoms with E-state index < -0.39 is 0 Å². The Morgan fingerprint density at radius 3 is 2.93 bits per heavy atom. The molecule has 0 aromatic carbocycles. The highest BCUT2D eigenvalue weighted by atomic mass is 16.3.